The third-order valence-electron chi connectivity index (χ3n) is 4.74. The predicted octanol–water partition coefficient (Wildman–Crippen LogP) is 2.54. The van der Waals surface area contributed by atoms with Gasteiger partial charge in [-0.3, -0.25) is 4.79 Å². The van der Waals surface area contributed by atoms with Gasteiger partial charge in [0.25, 0.3) is 0 Å². The Balaban J connectivity index is 1.88. The molecule has 1 saturated carbocycles. The van der Waals surface area contributed by atoms with Gasteiger partial charge in [0.2, 0.25) is 5.91 Å². The molecule has 0 aromatic heterocycles. The molecule has 18 heavy (non-hydrogen) atoms. The van der Waals surface area contributed by atoms with Gasteiger partial charge in [-0.15, -0.1) is 0 Å². The van der Waals surface area contributed by atoms with E-state index in [9.17, 15) is 4.79 Å². The maximum absolute atomic E-state index is 12.6. The van der Waals surface area contributed by atoms with Crippen molar-refractivity contribution in [3.05, 3.63) is 0 Å². The molecule has 3 heteroatoms. The topological polar surface area (TPSA) is 46.3 Å². The molecule has 2 atom stereocenters. The number of piperidine rings is 1. The highest BCUT2D eigenvalue weighted by Crippen LogP contribution is 2.26. The lowest BCUT2D eigenvalue weighted by Crippen LogP contribution is -2.49. The summed E-state index contributed by atoms with van der Waals surface area (Å²) in [7, 11) is 0. The average Bonchev–Trinajstić information content (AvgIpc) is 2.31. The van der Waals surface area contributed by atoms with Crippen LogP contribution >= 0.6 is 0 Å². The van der Waals surface area contributed by atoms with E-state index in [1.165, 1.54) is 32.1 Å². The average molecular weight is 252 g/mol. The van der Waals surface area contributed by atoms with Crippen LogP contribution in [0.3, 0.4) is 0 Å². The first kappa shape index (κ1) is 13.9. The van der Waals surface area contributed by atoms with Gasteiger partial charge in [-0.1, -0.05) is 39.0 Å². The molecule has 2 aliphatic rings. The van der Waals surface area contributed by atoms with Gasteiger partial charge in [0.1, 0.15) is 0 Å². The Morgan fingerprint density at radius 1 is 1.06 bits per heavy atom. The van der Waals surface area contributed by atoms with Crippen molar-refractivity contribution >= 4 is 5.91 Å². The molecule has 1 aliphatic heterocycles. The molecule has 0 aromatic carbocycles. The van der Waals surface area contributed by atoms with Crippen LogP contribution in [-0.4, -0.2) is 29.9 Å². The molecule has 1 heterocycles. The van der Waals surface area contributed by atoms with Gasteiger partial charge in [-0.2, -0.15) is 0 Å². The summed E-state index contributed by atoms with van der Waals surface area (Å²) in [6.07, 6.45) is 9.64. The Labute approximate surface area is 111 Å². The molecule has 104 valence electrons. The van der Waals surface area contributed by atoms with Gasteiger partial charge in [0.05, 0.1) is 0 Å². The number of hydrogen-bond acceptors (Lipinski definition) is 2. The Morgan fingerprint density at radius 2 is 1.67 bits per heavy atom. The second kappa shape index (κ2) is 6.55. The molecule has 2 fully saturated rings. The number of likely N-dealkylation sites (tertiary alicyclic amines) is 1. The Kier molecular flexibility index (Phi) is 5.04. The van der Waals surface area contributed by atoms with Gasteiger partial charge in [0, 0.05) is 25.0 Å². The van der Waals surface area contributed by atoms with E-state index in [2.05, 4.69) is 11.8 Å². The zero-order valence-corrected chi connectivity index (χ0v) is 11.7. The van der Waals surface area contributed by atoms with Crippen LogP contribution < -0.4 is 5.73 Å². The summed E-state index contributed by atoms with van der Waals surface area (Å²) in [5, 5.41) is 0. The summed E-state index contributed by atoms with van der Waals surface area (Å²) in [4.78, 5) is 14.6. The first-order valence-corrected chi connectivity index (χ1v) is 7.73. The van der Waals surface area contributed by atoms with Crippen molar-refractivity contribution in [2.24, 2.45) is 17.6 Å². The normalized spacial score (nSPS) is 31.8. The first-order chi connectivity index (χ1) is 8.68. The predicted molar refractivity (Wildman–Crippen MR) is 74.1 cm³/mol. The fourth-order valence-corrected chi connectivity index (χ4v) is 3.33. The minimum Gasteiger partial charge on any atom is -0.342 e. The van der Waals surface area contributed by atoms with Crippen molar-refractivity contribution in [3.63, 3.8) is 0 Å². The van der Waals surface area contributed by atoms with Crippen molar-refractivity contribution < 1.29 is 4.79 Å². The summed E-state index contributed by atoms with van der Waals surface area (Å²) in [5.41, 5.74) is 6.03. The van der Waals surface area contributed by atoms with Crippen LogP contribution in [0.25, 0.3) is 0 Å². The van der Waals surface area contributed by atoms with Crippen LogP contribution in [0, 0.1) is 11.8 Å². The lowest BCUT2D eigenvalue weighted by atomic mass is 9.88. The third-order valence-corrected chi connectivity index (χ3v) is 4.74. The van der Waals surface area contributed by atoms with Gasteiger partial charge < -0.3 is 10.6 Å². The molecule has 0 radical (unpaired) electrons. The number of rotatable bonds is 1. The number of nitrogens with two attached hydrogens (primary N) is 1. The van der Waals surface area contributed by atoms with E-state index < -0.39 is 0 Å². The number of nitrogens with zero attached hydrogens (tertiary/aromatic N) is 1. The number of carbonyl (C=O) groups is 1. The third kappa shape index (κ3) is 3.47. The highest BCUT2D eigenvalue weighted by Gasteiger charge is 2.30. The molecule has 1 amide bonds. The Hall–Kier alpha value is -0.570. The Morgan fingerprint density at radius 3 is 2.28 bits per heavy atom. The first-order valence-electron chi connectivity index (χ1n) is 7.73. The van der Waals surface area contributed by atoms with Crippen molar-refractivity contribution in [1.82, 2.24) is 4.90 Å². The van der Waals surface area contributed by atoms with Crippen molar-refractivity contribution in [2.45, 2.75) is 64.3 Å². The molecule has 0 spiro atoms. The highest BCUT2D eigenvalue weighted by atomic mass is 16.2. The molecule has 2 N–H and O–H groups in total. The van der Waals surface area contributed by atoms with Gasteiger partial charge >= 0.3 is 0 Å². The number of carbonyl (C=O) groups excluding carboxylic acids is 1. The van der Waals surface area contributed by atoms with Gasteiger partial charge in [-0.25, -0.2) is 0 Å². The van der Waals surface area contributed by atoms with Crippen LogP contribution in [0.1, 0.15) is 58.3 Å². The largest absolute Gasteiger partial charge is 0.342 e. The van der Waals surface area contributed by atoms with Crippen LogP contribution in [0.4, 0.5) is 0 Å². The number of hydrogen-bond donors (Lipinski definition) is 1. The van der Waals surface area contributed by atoms with E-state index in [1.54, 1.807) is 0 Å². The van der Waals surface area contributed by atoms with E-state index in [0.29, 0.717) is 17.7 Å². The smallest absolute Gasteiger partial charge is 0.225 e. The van der Waals surface area contributed by atoms with Crippen molar-refractivity contribution in [3.8, 4) is 0 Å². The SMILES string of the molecule is CC1CN(C(=O)C2CCCCCCC2)CCC1N. The summed E-state index contributed by atoms with van der Waals surface area (Å²) in [6, 6.07) is 0.284. The second-order valence-electron chi connectivity index (χ2n) is 6.26. The van der Waals surface area contributed by atoms with E-state index in [-0.39, 0.29) is 6.04 Å². The maximum atomic E-state index is 12.6. The maximum Gasteiger partial charge on any atom is 0.225 e. The van der Waals surface area contributed by atoms with Crippen LogP contribution in [0.2, 0.25) is 0 Å². The summed E-state index contributed by atoms with van der Waals surface area (Å²) in [6.45, 7) is 3.92. The minimum atomic E-state index is 0.284. The monoisotopic (exact) mass is 252 g/mol. The molecule has 3 nitrogen and oxygen atoms in total. The molecular formula is C15H28N2O. The molecule has 2 unspecified atom stereocenters. The van der Waals surface area contributed by atoms with E-state index >= 15 is 0 Å². The highest BCUT2D eigenvalue weighted by molar-refractivity contribution is 5.79. The standard InChI is InChI=1S/C15H28N2O/c1-12-11-17(10-9-14(12)16)15(18)13-7-5-3-2-4-6-8-13/h12-14H,2-11,16H2,1H3. The molecular weight excluding hydrogens is 224 g/mol. The van der Waals surface area contributed by atoms with Crippen LogP contribution in [0.5, 0.6) is 0 Å². The van der Waals surface area contributed by atoms with Crippen molar-refractivity contribution in [2.75, 3.05) is 13.1 Å². The zero-order valence-electron chi connectivity index (χ0n) is 11.7. The van der Waals surface area contributed by atoms with E-state index in [4.69, 9.17) is 5.73 Å². The van der Waals surface area contributed by atoms with Gasteiger partial charge in [-0.05, 0) is 25.2 Å². The quantitative estimate of drug-likeness (QED) is 0.779. The number of amides is 1. The Bertz CT molecular complexity index is 265. The molecule has 0 aromatic rings. The second-order valence-corrected chi connectivity index (χ2v) is 6.26. The fourth-order valence-electron chi connectivity index (χ4n) is 3.33. The van der Waals surface area contributed by atoms with Crippen molar-refractivity contribution in [1.29, 1.82) is 0 Å². The molecule has 0 bridgehead atoms. The van der Waals surface area contributed by atoms with Gasteiger partial charge in [0.15, 0.2) is 0 Å². The summed E-state index contributed by atoms with van der Waals surface area (Å²) in [5.74, 6) is 1.17. The van der Waals surface area contributed by atoms with E-state index in [0.717, 1.165) is 32.4 Å². The summed E-state index contributed by atoms with van der Waals surface area (Å²) >= 11 is 0. The lowest BCUT2D eigenvalue weighted by molar-refractivity contribution is -0.138. The zero-order chi connectivity index (χ0) is 13.0. The lowest BCUT2D eigenvalue weighted by Gasteiger charge is -2.37. The van der Waals surface area contributed by atoms with Crippen LogP contribution in [-0.2, 0) is 4.79 Å². The fraction of sp³-hybridized carbons (Fsp3) is 0.933. The van der Waals surface area contributed by atoms with Crippen LogP contribution in [0.15, 0.2) is 0 Å². The summed E-state index contributed by atoms with van der Waals surface area (Å²) < 4.78 is 0. The molecule has 2 rings (SSSR count). The minimum absolute atomic E-state index is 0.284. The molecule has 1 aliphatic carbocycles. The van der Waals surface area contributed by atoms with E-state index in [1.807, 2.05) is 0 Å². The molecule has 1 saturated heterocycles.